The van der Waals surface area contributed by atoms with Crippen LogP contribution in [-0.2, 0) is 14.3 Å². The standard InChI is InChI=1S/C22H34N4O4/c1-16-5-4-6-17(2)21(16)24-20(27)14-25(3)22(28)23-13-19(18-7-10-30-15-18)26-8-11-29-12-9-26/h4-6,18-19H,7-15H2,1-3H3,(H,23,28)(H,24,27)/t18-,19-/m1/s1. The summed E-state index contributed by atoms with van der Waals surface area (Å²) in [4.78, 5) is 28.9. The summed E-state index contributed by atoms with van der Waals surface area (Å²) in [5, 5.41) is 5.94. The van der Waals surface area contributed by atoms with Crippen molar-refractivity contribution in [2.75, 3.05) is 65.0 Å². The second-order valence-corrected chi connectivity index (χ2v) is 8.20. The number of para-hydroxylation sites is 1. The van der Waals surface area contributed by atoms with E-state index in [1.165, 1.54) is 4.90 Å². The maximum Gasteiger partial charge on any atom is 0.317 e. The van der Waals surface area contributed by atoms with Gasteiger partial charge in [0.05, 0.1) is 19.8 Å². The summed E-state index contributed by atoms with van der Waals surface area (Å²) < 4.78 is 11.1. The highest BCUT2D eigenvalue weighted by Crippen LogP contribution is 2.22. The quantitative estimate of drug-likeness (QED) is 0.703. The Hall–Kier alpha value is -2.16. The van der Waals surface area contributed by atoms with Gasteiger partial charge in [0.15, 0.2) is 0 Å². The Bertz CT molecular complexity index is 710. The summed E-state index contributed by atoms with van der Waals surface area (Å²) >= 11 is 0. The minimum atomic E-state index is -0.246. The molecule has 0 saturated carbocycles. The third-order valence-electron chi connectivity index (χ3n) is 5.96. The van der Waals surface area contributed by atoms with E-state index in [9.17, 15) is 9.59 Å². The van der Waals surface area contributed by atoms with E-state index in [1.807, 2.05) is 32.0 Å². The molecule has 0 spiro atoms. The molecule has 2 saturated heterocycles. The van der Waals surface area contributed by atoms with Crippen molar-refractivity contribution >= 4 is 17.6 Å². The van der Waals surface area contributed by atoms with Gasteiger partial charge in [-0.1, -0.05) is 18.2 Å². The van der Waals surface area contributed by atoms with Crippen LogP contribution in [0, 0.1) is 19.8 Å². The first-order chi connectivity index (χ1) is 14.5. The van der Waals surface area contributed by atoms with Crippen LogP contribution < -0.4 is 10.6 Å². The molecule has 166 valence electrons. The molecule has 2 heterocycles. The Morgan fingerprint density at radius 1 is 1.17 bits per heavy atom. The van der Waals surface area contributed by atoms with Gasteiger partial charge in [-0.05, 0) is 31.4 Å². The molecule has 3 amide bonds. The number of rotatable bonds is 7. The monoisotopic (exact) mass is 418 g/mol. The summed E-state index contributed by atoms with van der Waals surface area (Å²) in [5.41, 5.74) is 2.81. The molecule has 0 bridgehead atoms. The van der Waals surface area contributed by atoms with Gasteiger partial charge in [0.1, 0.15) is 6.54 Å². The molecule has 2 aliphatic rings. The number of carbonyl (C=O) groups excluding carboxylic acids is 2. The van der Waals surface area contributed by atoms with Crippen LogP contribution in [0.4, 0.5) is 10.5 Å². The highest BCUT2D eigenvalue weighted by Gasteiger charge is 2.32. The van der Waals surface area contributed by atoms with Gasteiger partial charge in [0.2, 0.25) is 5.91 Å². The lowest BCUT2D eigenvalue weighted by molar-refractivity contribution is -0.116. The van der Waals surface area contributed by atoms with Crippen LogP contribution in [0.2, 0.25) is 0 Å². The normalized spacial score (nSPS) is 20.6. The minimum absolute atomic E-state index is 0.00559. The third-order valence-corrected chi connectivity index (χ3v) is 5.96. The predicted molar refractivity (Wildman–Crippen MR) is 116 cm³/mol. The Morgan fingerprint density at radius 3 is 2.50 bits per heavy atom. The van der Waals surface area contributed by atoms with Crippen LogP contribution in [0.5, 0.6) is 0 Å². The van der Waals surface area contributed by atoms with Crippen molar-refractivity contribution in [1.29, 1.82) is 0 Å². The van der Waals surface area contributed by atoms with E-state index < -0.39 is 0 Å². The lowest BCUT2D eigenvalue weighted by Gasteiger charge is -2.37. The average Bonchev–Trinajstić information content (AvgIpc) is 3.26. The number of benzene rings is 1. The number of nitrogens with one attached hydrogen (secondary N) is 2. The van der Waals surface area contributed by atoms with E-state index in [1.54, 1.807) is 7.05 Å². The van der Waals surface area contributed by atoms with Crippen LogP contribution in [0.3, 0.4) is 0 Å². The molecule has 0 unspecified atom stereocenters. The summed E-state index contributed by atoms with van der Waals surface area (Å²) in [5.74, 6) is 0.194. The number of ether oxygens (including phenoxy) is 2. The fourth-order valence-corrected chi connectivity index (χ4v) is 4.16. The fraction of sp³-hybridized carbons (Fsp3) is 0.636. The highest BCUT2D eigenvalue weighted by molar-refractivity contribution is 5.95. The molecule has 0 radical (unpaired) electrons. The molecule has 30 heavy (non-hydrogen) atoms. The number of amides is 3. The molecule has 2 atom stereocenters. The van der Waals surface area contributed by atoms with Crippen LogP contribution >= 0.6 is 0 Å². The van der Waals surface area contributed by atoms with Gasteiger partial charge in [-0.2, -0.15) is 0 Å². The number of aryl methyl sites for hydroxylation is 2. The Kier molecular flexibility index (Phi) is 8.07. The molecule has 8 nitrogen and oxygen atoms in total. The molecule has 0 aliphatic carbocycles. The summed E-state index contributed by atoms with van der Waals surface area (Å²) in [6.07, 6.45) is 1.01. The Labute approximate surface area is 178 Å². The van der Waals surface area contributed by atoms with Crippen LogP contribution in [0.25, 0.3) is 0 Å². The van der Waals surface area contributed by atoms with Gasteiger partial charge in [0.25, 0.3) is 0 Å². The molecule has 1 aromatic rings. The topological polar surface area (TPSA) is 83.1 Å². The third kappa shape index (κ3) is 5.93. The number of nitrogens with zero attached hydrogens (tertiary/aromatic N) is 2. The van der Waals surface area contributed by atoms with Crippen molar-refractivity contribution in [2.24, 2.45) is 5.92 Å². The van der Waals surface area contributed by atoms with E-state index in [-0.39, 0.29) is 24.5 Å². The maximum atomic E-state index is 12.6. The molecule has 8 heteroatoms. The number of morpholine rings is 1. The first kappa shape index (κ1) is 22.5. The zero-order chi connectivity index (χ0) is 21.5. The van der Waals surface area contributed by atoms with Crippen molar-refractivity contribution in [2.45, 2.75) is 26.3 Å². The Balaban J connectivity index is 1.51. The number of hydrogen-bond donors (Lipinski definition) is 2. The maximum absolute atomic E-state index is 12.6. The van der Waals surface area contributed by atoms with Crippen LogP contribution in [0.1, 0.15) is 17.5 Å². The first-order valence-electron chi connectivity index (χ1n) is 10.7. The van der Waals surface area contributed by atoms with Gasteiger partial charge in [0, 0.05) is 50.9 Å². The number of anilines is 1. The van der Waals surface area contributed by atoms with Crippen LogP contribution in [0.15, 0.2) is 18.2 Å². The number of hydrogen-bond acceptors (Lipinski definition) is 5. The number of likely N-dealkylation sites (N-methyl/N-ethyl adjacent to an activating group) is 1. The Morgan fingerprint density at radius 2 is 1.87 bits per heavy atom. The number of carbonyl (C=O) groups is 2. The molecule has 2 aliphatic heterocycles. The molecular formula is C22H34N4O4. The zero-order valence-electron chi connectivity index (χ0n) is 18.3. The smallest absolute Gasteiger partial charge is 0.317 e. The van der Waals surface area contributed by atoms with Gasteiger partial charge < -0.3 is 25.0 Å². The lowest BCUT2D eigenvalue weighted by atomic mass is 9.97. The predicted octanol–water partition coefficient (Wildman–Crippen LogP) is 1.62. The molecule has 1 aromatic carbocycles. The second kappa shape index (κ2) is 10.7. The molecular weight excluding hydrogens is 384 g/mol. The van der Waals surface area contributed by atoms with E-state index in [4.69, 9.17) is 9.47 Å². The van der Waals surface area contributed by atoms with Gasteiger partial charge in [-0.25, -0.2) is 4.79 Å². The second-order valence-electron chi connectivity index (χ2n) is 8.20. The summed E-state index contributed by atoms with van der Waals surface area (Å²) in [6.45, 7) is 9.12. The van der Waals surface area contributed by atoms with Crippen molar-refractivity contribution in [3.05, 3.63) is 29.3 Å². The van der Waals surface area contributed by atoms with Crippen molar-refractivity contribution < 1.29 is 19.1 Å². The SMILES string of the molecule is Cc1cccc(C)c1NC(=O)CN(C)C(=O)NC[C@H]([C@@H]1CCOC1)N1CCOCC1. The minimum Gasteiger partial charge on any atom is -0.381 e. The van der Waals surface area contributed by atoms with E-state index >= 15 is 0 Å². The highest BCUT2D eigenvalue weighted by atomic mass is 16.5. The lowest BCUT2D eigenvalue weighted by Crippen LogP contribution is -2.53. The molecule has 2 N–H and O–H groups in total. The molecule has 2 fully saturated rings. The van der Waals surface area contributed by atoms with Gasteiger partial charge in [-0.3, -0.25) is 9.69 Å². The summed E-state index contributed by atoms with van der Waals surface area (Å²) in [6, 6.07) is 5.84. The van der Waals surface area contributed by atoms with Gasteiger partial charge >= 0.3 is 6.03 Å². The molecule has 3 rings (SSSR count). The number of urea groups is 1. The summed E-state index contributed by atoms with van der Waals surface area (Å²) in [7, 11) is 1.64. The van der Waals surface area contributed by atoms with Crippen molar-refractivity contribution in [1.82, 2.24) is 15.1 Å². The van der Waals surface area contributed by atoms with E-state index in [0.717, 1.165) is 62.8 Å². The van der Waals surface area contributed by atoms with Crippen LogP contribution in [-0.4, -0.2) is 87.4 Å². The first-order valence-corrected chi connectivity index (χ1v) is 10.7. The molecule has 0 aromatic heterocycles. The average molecular weight is 419 g/mol. The van der Waals surface area contributed by atoms with Crippen molar-refractivity contribution in [3.63, 3.8) is 0 Å². The largest absolute Gasteiger partial charge is 0.381 e. The fourth-order valence-electron chi connectivity index (χ4n) is 4.16. The zero-order valence-corrected chi connectivity index (χ0v) is 18.3. The van der Waals surface area contributed by atoms with Gasteiger partial charge in [-0.15, -0.1) is 0 Å². The van der Waals surface area contributed by atoms with Crippen molar-refractivity contribution in [3.8, 4) is 0 Å². The van der Waals surface area contributed by atoms with E-state index in [2.05, 4.69) is 15.5 Å². The van der Waals surface area contributed by atoms with E-state index in [0.29, 0.717) is 12.5 Å².